The predicted molar refractivity (Wildman–Crippen MR) is 128 cm³/mol. The molecule has 1 spiro atoms. The van der Waals surface area contributed by atoms with Crippen LogP contribution < -0.4 is 10.1 Å². The number of rotatable bonds is 7. The third-order valence-corrected chi connectivity index (χ3v) is 6.66. The molecular weight excluding hydrogens is 469 g/mol. The van der Waals surface area contributed by atoms with Crippen LogP contribution in [0.25, 0.3) is 0 Å². The van der Waals surface area contributed by atoms with E-state index < -0.39 is 23.5 Å². The van der Waals surface area contributed by atoms with Gasteiger partial charge in [0.25, 0.3) is 11.8 Å². The molecule has 0 aliphatic carbocycles. The summed E-state index contributed by atoms with van der Waals surface area (Å²) in [5, 5.41) is 2.79. The molecule has 2 saturated heterocycles. The molecule has 1 unspecified atom stereocenters. The number of carbonyl (C=O) groups is 3. The number of halogens is 1. The summed E-state index contributed by atoms with van der Waals surface area (Å²) in [6.07, 6.45) is 0.577. The molecule has 4 rings (SSSR count). The Bertz CT molecular complexity index is 1100. The highest BCUT2D eigenvalue weighted by Crippen LogP contribution is 2.39. The van der Waals surface area contributed by atoms with Crippen molar-refractivity contribution in [2.45, 2.75) is 24.6 Å². The van der Waals surface area contributed by atoms with Crippen LogP contribution in [0.4, 0.5) is 4.39 Å². The van der Waals surface area contributed by atoms with E-state index in [0.717, 1.165) is 0 Å². The Hall–Kier alpha value is -3.50. The SMILES string of the molecule is COCCNC(=O)C1COC2(CCN(C(=O)c3ccccc3F)CC2)N1C(=O)c1ccc(OC)cc1. The molecule has 3 amide bonds. The number of amides is 3. The first-order valence-corrected chi connectivity index (χ1v) is 11.8. The van der Waals surface area contributed by atoms with Gasteiger partial charge in [0.1, 0.15) is 23.3 Å². The number of hydrogen-bond acceptors (Lipinski definition) is 6. The molecule has 0 aromatic heterocycles. The first-order valence-electron chi connectivity index (χ1n) is 11.8. The Morgan fingerprint density at radius 1 is 1.06 bits per heavy atom. The number of nitrogens with zero attached hydrogens (tertiary/aromatic N) is 2. The van der Waals surface area contributed by atoms with E-state index in [9.17, 15) is 18.8 Å². The highest BCUT2D eigenvalue weighted by Gasteiger charge is 2.54. The number of likely N-dealkylation sites (tertiary alicyclic amines) is 1. The number of benzene rings is 2. The molecule has 2 aliphatic rings. The first kappa shape index (κ1) is 25.6. The van der Waals surface area contributed by atoms with Gasteiger partial charge in [-0.2, -0.15) is 0 Å². The van der Waals surface area contributed by atoms with Crippen LogP contribution in [-0.4, -0.2) is 86.4 Å². The highest BCUT2D eigenvalue weighted by atomic mass is 19.1. The van der Waals surface area contributed by atoms with Crippen LogP contribution in [0.1, 0.15) is 33.6 Å². The average Bonchev–Trinajstić information content (AvgIpc) is 3.27. The number of carbonyl (C=O) groups excluding carboxylic acids is 3. The molecule has 1 atom stereocenters. The Labute approximate surface area is 209 Å². The van der Waals surface area contributed by atoms with E-state index in [2.05, 4.69) is 5.32 Å². The first-order chi connectivity index (χ1) is 17.4. The molecule has 9 nitrogen and oxygen atoms in total. The summed E-state index contributed by atoms with van der Waals surface area (Å²) in [5.41, 5.74) is -0.672. The number of methoxy groups -OCH3 is 2. The van der Waals surface area contributed by atoms with Gasteiger partial charge < -0.3 is 24.4 Å². The molecule has 0 saturated carbocycles. The Morgan fingerprint density at radius 2 is 1.75 bits per heavy atom. The minimum absolute atomic E-state index is 0.00218. The van der Waals surface area contributed by atoms with Gasteiger partial charge in [0, 0.05) is 45.1 Å². The van der Waals surface area contributed by atoms with Crippen molar-refractivity contribution >= 4 is 17.7 Å². The van der Waals surface area contributed by atoms with Crippen molar-refractivity contribution < 1.29 is 33.0 Å². The molecule has 2 aromatic rings. The number of piperidine rings is 1. The summed E-state index contributed by atoms with van der Waals surface area (Å²) >= 11 is 0. The van der Waals surface area contributed by atoms with Gasteiger partial charge in [-0.3, -0.25) is 19.3 Å². The lowest BCUT2D eigenvalue weighted by Crippen LogP contribution is -2.60. The van der Waals surface area contributed by atoms with Crippen LogP contribution in [0.15, 0.2) is 48.5 Å². The smallest absolute Gasteiger partial charge is 0.256 e. The molecule has 36 heavy (non-hydrogen) atoms. The standard InChI is InChI=1S/C26H30FN3O6/c1-34-16-13-28-23(31)22-17-36-26(30(22)24(32)18-7-9-19(35-2)10-8-18)11-14-29(15-12-26)25(33)20-5-3-4-6-21(20)27/h3-10,22H,11-17H2,1-2H3,(H,28,31). The van der Waals surface area contributed by atoms with Crippen LogP contribution in [0.2, 0.25) is 0 Å². The molecule has 2 fully saturated rings. The molecule has 2 aliphatic heterocycles. The summed E-state index contributed by atoms with van der Waals surface area (Å²) in [7, 11) is 3.08. The molecule has 0 bridgehead atoms. The fraction of sp³-hybridized carbons (Fsp3) is 0.423. The number of nitrogens with one attached hydrogen (secondary N) is 1. The Morgan fingerprint density at radius 3 is 2.39 bits per heavy atom. The van der Waals surface area contributed by atoms with Crippen LogP contribution in [0, 0.1) is 5.82 Å². The minimum Gasteiger partial charge on any atom is -0.497 e. The van der Waals surface area contributed by atoms with Crippen molar-refractivity contribution in [3.8, 4) is 5.75 Å². The van der Waals surface area contributed by atoms with Gasteiger partial charge in [0.2, 0.25) is 5.91 Å². The van der Waals surface area contributed by atoms with Crippen molar-refractivity contribution in [1.29, 1.82) is 0 Å². The van der Waals surface area contributed by atoms with E-state index in [0.29, 0.717) is 24.5 Å². The van der Waals surface area contributed by atoms with E-state index in [-0.39, 0.29) is 49.9 Å². The van der Waals surface area contributed by atoms with E-state index in [4.69, 9.17) is 14.2 Å². The van der Waals surface area contributed by atoms with Crippen LogP contribution >= 0.6 is 0 Å². The van der Waals surface area contributed by atoms with Crippen molar-refractivity contribution in [1.82, 2.24) is 15.1 Å². The van der Waals surface area contributed by atoms with E-state index in [1.807, 2.05) is 0 Å². The third-order valence-electron chi connectivity index (χ3n) is 6.66. The number of hydrogen-bond donors (Lipinski definition) is 1. The molecular formula is C26H30FN3O6. The normalized spacial score (nSPS) is 18.8. The predicted octanol–water partition coefficient (Wildman–Crippen LogP) is 2.07. The van der Waals surface area contributed by atoms with Gasteiger partial charge in [-0.15, -0.1) is 0 Å². The van der Waals surface area contributed by atoms with Gasteiger partial charge in [-0.1, -0.05) is 12.1 Å². The van der Waals surface area contributed by atoms with E-state index in [1.165, 1.54) is 37.3 Å². The fourth-order valence-electron chi connectivity index (χ4n) is 4.70. The third kappa shape index (κ3) is 5.05. The van der Waals surface area contributed by atoms with Crippen LogP contribution in [0.3, 0.4) is 0 Å². The Kier molecular flexibility index (Phi) is 7.85. The van der Waals surface area contributed by atoms with Crippen molar-refractivity contribution in [2.24, 2.45) is 0 Å². The molecule has 1 N–H and O–H groups in total. The van der Waals surface area contributed by atoms with E-state index in [1.54, 1.807) is 35.2 Å². The van der Waals surface area contributed by atoms with Gasteiger partial charge in [-0.05, 0) is 36.4 Å². The second kappa shape index (κ2) is 11.0. The maximum absolute atomic E-state index is 14.2. The zero-order valence-electron chi connectivity index (χ0n) is 20.4. The van der Waals surface area contributed by atoms with Gasteiger partial charge in [-0.25, -0.2) is 4.39 Å². The summed E-state index contributed by atoms with van der Waals surface area (Å²) in [6.45, 7) is 1.16. The molecule has 0 radical (unpaired) electrons. The second-order valence-corrected chi connectivity index (χ2v) is 8.73. The summed E-state index contributed by atoms with van der Waals surface area (Å²) in [5.74, 6) is -1.08. The summed E-state index contributed by atoms with van der Waals surface area (Å²) in [4.78, 5) is 42.7. The highest BCUT2D eigenvalue weighted by molar-refractivity contribution is 5.99. The summed E-state index contributed by atoms with van der Waals surface area (Å²) in [6, 6.07) is 11.7. The Balaban J connectivity index is 1.56. The molecule has 2 aromatic carbocycles. The quantitative estimate of drug-likeness (QED) is 0.586. The lowest BCUT2D eigenvalue weighted by molar-refractivity contribution is -0.128. The topological polar surface area (TPSA) is 97.4 Å². The van der Waals surface area contributed by atoms with E-state index >= 15 is 0 Å². The maximum Gasteiger partial charge on any atom is 0.256 e. The van der Waals surface area contributed by atoms with Crippen LogP contribution in [0.5, 0.6) is 5.75 Å². The second-order valence-electron chi connectivity index (χ2n) is 8.73. The minimum atomic E-state index is -1.06. The fourth-order valence-corrected chi connectivity index (χ4v) is 4.70. The largest absolute Gasteiger partial charge is 0.497 e. The average molecular weight is 500 g/mol. The number of ether oxygens (including phenoxy) is 3. The van der Waals surface area contributed by atoms with Gasteiger partial charge >= 0.3 is 0 Å². The zero-order chi connectivity index (χ0) is 25.7. The maximum atomic E-state index is 14.2. The molecule has 2 heterocycles. The van der Waals surface area contributed by atoms with Crippen LogP contribution in [-0.2, 0) is 14.3 Å². The zero-order valence-corrected chi connectivity index (χ0v) is 20.4. The lowest BCUT2D eigenvalue weighted by Gasteiger charge is -2.44. The lowest BCUT2D eigenvalue weighted by atomic mass is 9.96. The molecule has 10 heteroatoms. The van der Waals surface area contributed by atoms with Crippen molar-refractivity contribution in [3.63, 3.8) is 0 Å². The van der Waals surface area contributed by atoms with Gasteiger partial charge in [0.05, 0.1) is 25.9 Å². The molecule has 192 valence electrons. The van der Waals surface area contributed by atoms with Gasteiger partial charge in [0.15, 0.2) is 0 Å². The summed E-state index contributed by atoms with van der Waals surface area (Å²) < 4.78 is 30.5. The van der Waals surface area contributed by atoms with Crippen molar-refractivity contribution in [2.75, 3.05) is 47.1 Å². The monoisotopic (exact) mass is 499 g/mol. The van der Waals surface area contributed by atoms with Crippen molar-refractivity contribution in [3.05, 3.63) is 65.5 Å².